The fourth-order valence-electron chi connectivity index (χ4n) is 3.34. The Balaban J connectivity index is 1.65. The molecule has 1 amide bonds. The second-order valence-corrected chi connectivity index (χ2v) is 11.5. The summed E-state index contributed by atoms with van der Waals surface area (Å²) >= 11 is 0.282. The number of carbonyl (C=O) groups excluding carboxylic acids is 1. The van der Waals surface area contributed by atoms with Crippen LogP contribution in [0.3, 0.4) is 0 Å². The number of hydrogen-bond acceptors (Lipinski definition) is 3. The third-order valence-electron chi connectivity index (χ3n) is 4.94. The Morgan fingerprint density at radius 2 is 1.74 bits per heavy atom. The van der Waals surface area contributed by atoms with Crippen molar-refractivity contribution in [3.8, 4) is 0 Å². The molecule has 0 bridgehead atoms. The molecule has 2 unspecified atom stereocenters. The molecule has 6 heteroatoms. The first-order chi connectivity index (χ1) is 12.9. The van der Waals surface area contributed by atoms with E-state index in [0.717, 1.165) is 17.3 Å². The van der Waals surface area contributed by atoms with Crippen LogP contribution >= 0.6 is 0 Å². The Hall–Kier alpha value is -1.62. The van der Waals surface area contributed by atoms with E-state index in [2.05, 4.69) is 12.1 Å². The number of sulfone groups is 1. The maximum absolute atomic E-state index is 12.6. The topological polar surface area (TPSA) is 54.5 Å². The summed E-state index contributed by atoms with van der Waals surface area (Å²) in [4.78, 5) is 14.7. The summed E-state index contributed by atoms with van der Waals surface area (Å²) in [5.74, 6) is 0.0372. The molecular formula is C21H25NO3SSe. The van der Waals surface area contributed by atoms with Crippen LogP contribution in [0.4, 0.5) is 0 Å². The second-order valence-electron chi connectivity index (χ2n) is 7.08. The molecule has 2 aromatic carbocycles. The van der Waals surface area contributed by atoms with Crippen LogP contribution in [0.1, 0.15) is 18.9 Å². The van der Waals surface area contributed by atoms with Gasteiger partial charge in [-0.2, -0.15) is 0 Å². The number of amides is 1. The molecule has 0 saturated carbocycles. The van der Waals surface area contributed by atoms with Gasteiger partial charge in [-0.05, 0) is 0 Å². The third kappa shape index (κ3) is 5.01. The van der Waals surface area contributed by atoms with E-state index in [1.165, 1.54) is 4.46 Å². The number of likely N-dealkylation sites (tertiary alicyclic amines) is 1. The van der Waals surface area contributed by atoms with Gasteiger partial charge in [0.25, 0.3) is 0 Å². The second kappa shape index (κ2) is 8.59. The minimum atomic E-state index is -3.38. The zero-order valence-electron chi connectivity index (χ0n) is 15.7. The van der Waals surface area contributed by atoms with Crippen molar-refractivity contribution in [1.29, 1.82) is 0 Å². The number of rotatable bonds is 7. The van der Waals surface area contributed by atoms with Gasteiger partial charge in [0, 0.05) is 0 Å². The SMILES string of the molecule is Cc1ccc(S(=O)(=O)CCN2C(=O)C(C)CC2C[Se]c2ccccc2)cc1. The molecule has 0 N–H and O–H groups in total. The van der Waals surface area contributed by atoms with Crippen LogP contribution in [0.15, 0.2) is 59.5 Å². The third-order valence-corrected chi connectivity index (χ3v) is 9.08. The molecule has 2 atom stereocenters. The summed E-state index contributed by atoms with van der Waals surface area (Å²) in [6, 6.07) is 17.4. The number of aryl methyl sites for hydroxylation is 1. The average molecular weight is 450 g/mol. The van der Waals surface area contributed by atoms with Gasteiger partial charge in [0.1, 0.15) is 0 Å². The van der Waals surface area contributed by atoms with Crippen LogP contribution in [0, 0.1) is 12.8 Å². The number of nitrogens with zero attached hydrogens (tertiary/aromatic N) is 1. The van der Waals surface area contributed by atoms with Crippen molar-refractivity contribution in [3.05, 3.63) is 60.2 Å². The van der Waals surface area contributed by atoms with Gasteiger partial charge in [0.2, 0.25) is 0 Å². The van der Waals surface area contributed by atoms with Crippen LogP contribution in [0.5, 0.6) is 0 Å². The van der Waals surface area contributed by atoms with Gasteiger partial charge in [-0.15, -0.1) is 0 Å². The van der Waals surface area contributed by atoms with Crippen LogP contribution in [-0.4, -0.2) is 52.5 Å². The van der Waals surface area contributed by atoms with E-state index in [0.29, 0.717) is 4.90 Å². The monoisotopic (exact) mass is 451 g/mol. The standard InChI is InChI=1S/C21H25NO3SSe/c1-16-8-10-19(11-9-16)26(24,25)13-12-22-18(14-17(2)21(22)23)15-27-20-6-4-3-5-7-20/h3-11,17-18H,12-15H2,1-2H3. The molecule has 1 aliphatic rings. The molecular weight excluding hydrogens is 425 g/mol. The molecule has 0 aliphatic carbocycles. The quantitative estimate of drug-likeness (QED) is 0.609. The molecule has 27 heavy (non-hydrogen) atoms. The number of benzene rings is 2. The first kappa shape index (κ1) is 20.1. The molecule has 1 aliphatic heterocycles. The van der Waals surface area contributed by atoms with Gasteiger partial charge in [-0.1, -0.05) is 0 Å². The van der Waals surface area contributed by atoms with E-state index < -0.39 is 9.84 Å². The van der Waals surface area contributed by atoms with E-state index in [4.69, 9.17) is 0 Å². The van der Waals surface area contributed by atoms with E-state index >= 15 is 0 Å². The first-order valence-electron chi connectivity index (χ1n) is 9.14. The van der Waals surface area contributed by atoms with Crippen molar-refractivity contribution in [1.82, 2.24) is 4.90 Å². The van der Waals surface area contributed by atoms with Crippen molar-refractivity contribution < 1.29 is 13.2 Å². The predicted molar refractivity (Wildman–Crippen MR) is 109 cm³/mol. The fraction of sp³-hybridized carbons (Fsp3) is 0.381. The average Bonchev–Trinajstić information content (AvgIpc) is 2.93. The minimum absolute atomic E-state index is 0.0244. The van der Waals surface area contributed by atoms with Crippen molar-refractivity contribution in [2.24, 2.45) is 5.92 Å². The summed E-state index contributed by atoms with van der Waals surface area (Å²) in [5.41, 5.74) is 1.03. The van der Waals surface area contributed by atoms with Gasteiger partial charge in [0.05, 0.1) is 0 Å². The summed E-state index contributed by atoms with van der Waals surface area (Å²) in [6.07, 6.45) is 0.817. The summed E-state index contributed by atoms with van der Waals surface area (Å²) < 4.78 is 26.6. The summed E-state index contributed by atoms with van der Waals surface area (Å²) in [6.45, 7) is 4.15. The van der Waals surface area contributed by atoms with E-state index in [1.54, 1.807) is 29.2 Å². The fourth-order valence-corrected chi connectivity index (χ4v) is 6.77. The van der Waals surface area contributed by atoms with Gasteiger partial charge in [-0.25, -0.2) is 0 Å². The molecule has 0 spiro atoms. The number of carbonyl (C=O) groups is 1. The van der Waals surface area contributed by atoms with Crippen LogP contribution in [-0.2, 0) is 14.6 Å². The normalized spacial score (nSPS) is 20.2. The Kier molecular flexibility index (Phi) is 6.40. The van der Waals surface area contributed by atoms with Crippen molar-refractivity contribution in [2.75, 3.05) is 12.3 Å². The van der Waals surface area contributed by atoms with Crippen LogP contribution < -0.4 is 4.46 Å². The van der Waals surface area contributed by atoms with Crippen molar-refractivity contribution in [3.63, 3.8) is 0 Å². The molecule has 0 radical (unpaired) electrons. The molecule has 2 aromatic rings. The van der Waals surface area contributed by atoms with Crippen LogP contribution in [0.2, 0.25) is 5.32 Å². The van der Waals surface area contributed by atoms with Crippen molar-refractivity contribution in [2.45, 2.75) is 36.5 Å². The summed E-state index contributed by atoms with van der Waals surface area (Å²) in [7, 11) is -3.38. The molecule has 1 saturated heterocycles. The Morgan fingerprint density at radius 3 is 2.41 bits per heavy atom. The first-order valence-corrected chi connectivity index (χ1v) is 12.9. The summed E-state index contributed by atoms with van der Waals surface area (Å²) in [5, 5.41) is 0.928. The van der Waals surface area contributed by atoms with Gasteiger partial charge in [0.15, 0.2) is 0 Å². The van der Waals surface area contributed by atoms with E-state index in [1.807, 2.05) is 32.0 Å². The van der Waals surface area contributed by atoms with Gasteiger partial charge >= 0.3 is 168 Å². The van der Waals surface area contributed by atoms with Crippen molar-refractivity contribution >= 4 is 35.2 Å². The molecule has 3 rings (SSSR count). The van der Waals surface area contributed by atoms with Gasteiger partial charge < -0.3 is 0 Å². The zero-order chi connectivity index (χ0) is 19.4. The molecule has 144 valence electrons. The Bertz CT molecular complexity index is 881. The van der Waals surface area contributed by atoms with Gasteiger partial charge in [-0.3, -0.25) is 0 Å². The maximum atomic E-state index is 12.6. The molecule has 1 heterocycles. The Morgan fingerprint density at radius 1 is 1.07 bits per heavy atom. The molecule has 1 fully saturated rings. The van der Waals surface area contributed by atoms with Crippen LogP contribution in [0.25, 0.3) is 0 Å². The van der Waals surface area contributed by atoms with E-state index in [-0.39, 0.29) is 45.1 Å². The molecule has 4 nitrogen and oxygen atoms in total. The Labute approximate surface area is 168 Å². The van der Waals surface area contributed by atoms with E-state index in [9.17, 15) is 13.2 Å². The number of hydrogen-bond donors (Lipinski definition) is 0. The molecule has 0 aromatic heterocycles. The zero-order valence-corrected chi connectivity index (χ0v) is 18.2. The predicted octanol–water partition coefficient (Wildman–Crippen LogP) is 2.45.